The summed E-state index contributed by atoms with van der Waals surface area (Å²) < 4.78 is 3.53. The van der Waals surface area contributed by atoms with Crippen molar-refractivity contribution in [2.45, 2.75) is 26.9 Å². The summed E-state index contributed by atoms with van der Waals surface area (Å²) in [5.41, 5.74) is 4.43. The van der Waals surface area contributed by atoms with Crippen LogP contribution in [-0.2, 0) is 13.1 Å². The first-order valence-electron chi connectivity index (χ1n) is 5.63. The van der Waals surface area contributed by atoms with Crippen LogP contribution in [0.5, 0.6) is 0 Å². The van der Waals surface area contributed by atoms with Gasteiger partial charge in [-0.1, -0.05) is 23.7 Å². The Balaban J connectivity index is 2.70. The topological polar surface area (TPSA) is 26.9 Å². The van der Waals surface area contributed by atoms with Crippen LogP contribution in [-0.4, -0.2) is 9.13 Å². The van der Waals surface area contributed by atoms with E-state index in [0.29, 0.717) is 13.1 Å². The number of fused-ring (bicyclic) bond motifs is 1. The minimum atomic E-state index is 0.0200. The Bertz CT molecular complexity index is 622. The molecule has 0 atom stereocenters. The third kappa shape index (κ3) is 2.03. The SMILES string of the molecule is CCn1c(=O)n(C/C(C)=C/Cl)c2ccccc21. The van der Waals surface area contributed by atoms with Gasteiger partial charge in [0, 0.05) is 18.6 Å². The highest BCUT2D eigenvalue weighted by atomic mass is 35.5. The Morgan fingerprint density at radius 2 is 1.88 bits per heavy atom. The van der Waals surface area contributed by atoms with Crippen molar-refractivity contribution < 1.29 is 0 Å². The molecule has 17 heavy (non-hydrogen) atoms. The molecule has 3 nitrogen and oxygen atoms in total. The summed E-state index contributed by atoms with van der Waals surface area (Å²) in [5.74, 6) is 0. The smallest absolute Gasteiger partial charge is 0.292 e. The van der Waals surface area contributed by atoms with Crippen LogP contribution in [0.15, 0.2) is 40.2 Å². The van der Waals surface area contributed by atoms with Crippen LogP contribution in [0.25, 0.3) is 11.0 Å². The molecule has 4 heteroatoms. The lowest BCUT2D eigenvalue weighted by Gasteiger charge is -2.01. The Kier molecular flexibility index (Phi) is 3.38. The van der Waals surface area contributed by atoms with Crippen molar-refractivity contribution in [1.29, 1.82) is 0 Å². The minimum absolute atomic E-state index is 0.0200. The molecule has 0 aliphatic carbocycles. The summed E-state index contributed by atoms with van der Waals surface area (Å²) in [6, 6.07) is 7.82. The molecule has 0 fully saturated rings. The highest BCUT2D eigenvalue weighted by Crippen LogP contribution is 2.14. The summed E-state index contributed by atoms with van der Waals surface area (Å²) in [4.78, 5) is 12.2. The number of aromatic nitrogens is 2. The number of nitrogens with zero attached hydrogens (tertiary/aromatic N) is 2. The third-order valence-electron chi connectivity index (χ3n) is 2.84. The number of allylic oxidation sites excluding steroid dienone is 1. The van der Waals surface area contributed by atoms with Crippen LogP contribution in [0.3, 0.4) is 0 Å². The average molecular weight is 251 g/mol. The van der Waals surface area contributed by atoms with Gasteiger partial charge in [0.2, 0.25) is 0 Å². The first-order valence-corrected chi connectivity index (χ1v) is 6.06. The highest BCUT2D eigenvalue weighted by Gasteiger charge is 2.11. The minimum Gasteiger partial charge on any atom is -0.292 e. The molecule has 2 aromatic rings. The molecule has 0 N–H and O–H groups in total. The second-order valence-corrected chi connectivity index (χ2v) is 4.28. The Labute approximate surface area is 105 Å². The monoisotopic (exact) mass is 250 g/mol. The van der Waals surface area contributed by atoms with Gasteiger partial charge in [0.05, 0.1) is 11.0 Å². The van der Waals surface area contributed by atoms with E-state index in [1.54, 1.807) is 9.13 Å². The van der Waals surface area contributed by atoms with Crippen molar-refractivity contribution >= 4 is 22.6 Å². The van der Waals surface area contributed by atoms with Crippen molar-refractivity contribution in [1.82, 2.24) is 9.13 Å². The van der Waals surface area contributed by atoms with Gasteiger partial charge in [-0.15, -0.1) is 0 Å². The van der Waals surface area contributed by atoms with Gasteiger partial charge in [0.1, 0.15) is 0 Å². The summed E-state index contributed by atoms with van der Waals surface area (Å²) in [6.45, 7) is 5.10. The average Bonchev–Trinajstić information content (AvgIpc) is 2.62. The molecule has 1 aromatic carbocycles. The second kappa shape index (κ2) is 4.80. The molecule has 2 rings (SSSR count). The summed E-state index contributed by atoms with van der Waals surface area (Å²) in [6.07, 6.45) is 0. The number of hydrogen-bond acceptors (Lipinski definition) is 1. The molecule has 0 aliphatic heterocycles. The zero-order chi connectivity index (χ0) is 12.4. The second-order valence-electron chi connectivity index (χ2n) is 4.06. The van der Waals surface area contributed by atoms with E-state index in [1.807, 2.05) is 38.1 Å². The van der Waals surface area contributed by atoms with Crippen LogP contribution < -0.4 is 5.69 Å². The Hall–Kier alpha value is -1.48. The van der Waals surface area contributed by atoms with Crippen molar-refractivity contribution in [2.24, 2.45) is 0 Å². The number of hydrogen-bond donors (Lipinski definition) is 0. The number of imidazole rings is 1. The van der Waals surface area contributed by atoms with Gasteiger partial charge in [-0.3, -0.25) is 9.13 Å². The maximum Gasteiger partial charge on any atom is 0.329 e. The van der Waals surface area contributed by atoms with Crippen molar-refractivity contribution in [2.75, 3.05) is 0 Å². The third-order valence-corrected chi connectivity index (χ3v) is 3.21. The van der Waals surface area contributed by atoms with Crippen LogP contribution in [0, 0.1) is 0 Å². The lowest BCUT2D eigenvalue weighted by atomic mass is 10.3. The fourth-order valence-electron chi connectivity index (χ4n) is 2.01. The molecule has 1 aromatic heterocycles. The predicted molar refractivity (Wildman–Crippen MR) is 71.5 cm³/mol. The van der Waals surface area contributed by atoms with Crippen molar-refractivity contribution in [3.05, 3.63) is 45.9 Å². The summed E-state index contributed by atoms with van der Waals surface area (Å²) >= 11 is 5.66. The molecule has 90 valence electrons. The normalized spacial score (nSPS) is 12.3. The van der Waals surface area contributed by atoms with Crippen LogP contribution in [0.2, 0.25) is 0 Å². The van der Waals surface area contributed by atoms with Gasteiger partial charge in [0.15, 0.2) is 0 Å². The molecule has 0 unspecified atom stereocenters. The maximum atomic E-state index is 12.2. The van der Waals surface area contributed by atoms with Crippen LogP contribution in [0.1, 0.15) is 13.8 Å². The molecule has 0 aliphatic rings. The molecule has 0 saturated carbocycles. The first kappa shape index (κ1) is 12.0. The van der Waals surface area contributed by atoms with E-state index in [0.717, 1.165) is 16.6 Å². The number of para-hydroxylation sites is 2. The maximum absolute atomic E-state index is 12.2. The summed E-state index contributed by atoms with van der Waals surface area (Å²) in [5, 5.41) is 0. The lowest BCUT2D eigenvalue weighted by molar-refractivity contribution is 0.680. The number of benzene rings is 1. The van der Waals surface area contributed by atoms with Crippen LogP contribution >= 0.6 is 11.6 Å². The summed E-state index contributed by atoms with van der Waals surface area (Å²) in [7, 11) is 0. The molecular formula is C13H15ClN2O. The number of rotatable bonds is 3. The Morgan fingerprint density at radius 1 is 1.29 bits per heavy atom. The van der Waals surface area contributed by atoms with E-state index in [-0.39, 0.29) is 5.69 Å². The van der Waals surface area contributed by atoms with E-state index in [2.05, 4.69) is 0 Å². The van der Waals surface area contributed by atoms with E-state index in [4.69, 9.17) is 11.6 Å². The fourth-order valence-corrected chi connectivity index (χ4v) is 2.08. The predicted octanol–water partition coefficient (Wildman–Crippen LogP) is 2.97. The number of aryl methyl sites for hydroxylation is 1. The molecule has 0 saturated heterocycles. The molecule has 0 amide bonds. The van der Waals surface area contributed by atoms with Crippen molar-refractivity contribution in [3.8, 4) is 0 Å². The fraction of sp³-hybridized carbons (Fsp3) is 0.308. The molecule has 0 bridgehead atoms. The molecule has 0 radical (unpaired) electrons. The lowest BCUT2D eigenvalue weighted by Crippen LogP contribution is -2.24. The largest absolute Gasteiger partial charge is 0.329 e. The van der Waals surface area contributed by atoms with Crippen molar-refractivity contribution in [3.63, 3.8) is 0 Å². The van der Waals surface area contributed by atoms with Gasteiger partial charge in [0.25, 0.3) is 0 Å². The van der Waals surface area contributed by atoms with E-state index in [1.165, 1.54) is 5.54 Å². The Morgan fingerprint density at radius 3 is 2.41 bits per heavy atom. The standard InChI is InChI=1S/C13H15ClN2O/c1-3-15-11-6-4-5-7-12(11)16(13(15)17)9-10(2)8-14/h4-8H,3,9H2,1-2H3/b10-8+. The van der Waals surface area contributed by atoms with Gasteiger partial charge in [-0.05, 0) is 31.6 Å². The quantitative estimate of drug-likeness (QED) is 0.823. The van der Waals surface area contributed by atoms with Gasteiger partial charge < -0.3 is 0 Å². The zero-order valence-corrected chi connectivity index (χ0v) is 10.7. The van der Waals surface area contributed by atoms with Gasteiger partial charge >= 0.3 is 5.69 Å². The van der Waals surface area contributed by atoms with Gasteiger partial charge in [-0.2, -0.15) is 0 Å². The van der Waals surface area contributed by atoms with E-state index < -0.39 is 0 Å². The highest BCUT2D eigenvalue weighted by molar-refractivity contribution is 6.25. The number of halogens is 1. The van der Waals surface area contributed by atoms with E-state index >= 15 is 0 Å². The first-order chi connectivity index (χ1) is 8.19. The molecule has 0 spiro atoms. The zero-order valence-electron chi connectivity index (χ0n) is 9.98. The van der Waals surface area contributed by atoms with Crippen LogP contribution in [0.4, 0.5) is 0 Å². The van der Waals surface area contributed by atoms with Gasteiger partial charge in [-0.25, -0.2) is 4.79 Å². The van der Waals surface area contributed by atoms with E-state index in [9.17, 15) is 4.79 Å². The molecular weight excluding hydrogens is 236 g/mol. The molecule has 1 heterocycles.